The SMILES string of the molecule is CC(C)n1nnc(C2CCN(C(=O)OC(C)(C)C)C2)n1. The Labute approximate surface area is 119 Å². The van der Waals surface area contributed by atoms with E-state index in [1.807, 2.05) is 34.6 Å². The van der Waals surface area contributed by atoms with E-state index in [9.17, 15) is 4.79 Å². The molecule has 1 amide bonds. The summed E-state index contributed by atoms with van der Waals surface area (Å²) < 4.78 is 5.37. The number of hydrogen-bond acceptors (Lipinski definition) is 5. The van der Waals surface area contributed by atoms with E-state index in [0.717, 1.165) is 6.42 Å². The van der Waals surface area contributed by atoms with Crippen molar-refractivity contribution in [3.63, 3.8) is 0 Å². The molecule has 1 unspecified atom stereocenters. The number of rotatable bonds is 2. The largest absolute Gasteiger partial charge is 0.444 e. The third-order valence-corrected chi connectivity index (χ3v) is 3.11. The lowest BCUT2D eigenvalue weighted by Crippen LogP contribution is -2.35. The summed E-state index contributed by atoms with van der Waals surface area (Å²) in [5, 5.41) is 12.5. The number of likely N-dealkylation sites (tertiary alicyclic amines) is 1. The third-order valence-electron chi connectivity index (χ3n) is 3.11. The summed E-state index contributed by atoms with van der Waals surface area (Å²) in [6.07, 6.45) is 0.583. The molecule has 1 fully saturated rings. The highest BCUT2D eigenvalue weighted by atomic mass is 16.6. The van der Waals surface area contributed by atoms with Gasteiger partial charge in [-0.1, -0.05) is 0 Å². The first-order chi connectivity index (χ1) is 9.26. The molecule has 0 N–H and O–H groups in total. The van der Waals surface area contributed by atoms with Gasteiger partial charge in [-0.2, -0.15) is 4.80 Å². The van der Waals surface area contributed by atoms with Crippen LogP contribution in [0.5, 0.6) is 0 Å². The van der Waals surface area contributed by atoms with Crippen molar-refractivity contribution in [2.75, 3.05) is 13.1 Å². The fraction of sp³-hybridized carbons (Fsp3) is 0.846. The molecular weight excluding hydrogens is 258 g/mol. The maximum atomic E-state index is 12.0. The third kappa shape index (κ3) is 3.46. The fourth-order valence-electron chi connectivity index (χ4n) is 2.08. The Bertz CT molecular complexity index is 477. The summed E-state index contributed by atoms with van der Waals surface area (Å²) in [7, 11) is 0. The molecule has 7 heteroatoms. The molecule has 2 rings (SSSR count). The van der Waals surface area contributed by atoms with Gasteiger partial charge >= 0.3 is 6.09 Å². The van der Waals surface area contributed by atoms with Gasteiger partial charge in [-0.05, 0) is 46.3 Å². The van der Waals surface area contributed by atoms with Gasteiger partial charge in [0, 0.05) is 19.0 Å². The highest BCUT2D eigenvalue weighted by Gasteiger charge is 2.32. The topological polar surface area (TPSA) is 73.1 Å². The molecule has 20 heavy (non-hydrogen) atoms. The van der Waals surface area contributed by atoms with E-state index in [1.165, 1.54) is 0 Å². The number of carbonyl (C=O) groups is 1. The minimum Gasteiger partial charge on any atom is -0.444 e. The predicted molar refractivity (Wildman–Crippen MR) is 73.4 cm³/mol. The monoisotopic (exact) mass is 281 g/mol. The van der Waals surface area contributed by atoms with Crippen molar-refractivity contribution in [1.82, 2.24) is 25.1 Å². The smallest absolute Gasteiger partial charge is 0.410 e. The van der Waals surface area contributed by atoms with Crippen LogP contribution in [-0.4, -0.2) is 49.9 Å². The quantitative estimate of drug-likeness (QED) is 0.828. The van der Waals surface area contributed by atoms with Crippen LogP contribution < -0.4 is 0 Å². The summed E-state index contributed by atoms with van der Waals surface area (Å²) >= 11 is 0. The Morgan fingerprint density at radius 2 is 2.10 bits per heavy atom. The highest BCUT2D eigenvalue weighted by molar-refractivity contribution is 5.68. The van der Waals surface area contributed by atoms with Gasteiger partial charge in [0.25, 0.3) is 0 Å². The first kappa shape index (κ1) is 14.7. The second kappa shape index (κ2) is 5.38. The number of hydrogen-bond donors (Lipinski definition) is 0. The van der Waals surface area contributed by atoms with E-state index >= 15 is 0 Å². The molecule has 112 valence electrons. The van der Waals surface area contributed by atoms with E-state index in [2.05, 4.69) is 15.4 Å². The zero-order valence-electron chi connectivity index (χ0n) is 12.8. The Morgan fingerprint density at radius 3 is 2.65 bits per heavy atom. The first-order valence-corrected chi connectivity index (χ1v) is 7.03. The van der Waals surface area contributed by atoms with E-state index < -0.39 is 5.60 Å². The Balaban J connectivity index is 1.96. The summed E-state index contributed by atoms with van der Waals surface area (Å²) in [6.45, 7) is 10.9. The van der Waals surface area contributed by atoms with Crippen LogP contribution in [0, 0.1) is 0 Å². The molecule has 1 saturated heterocycles. The van der Waals surface area contributed by atoms with Gasteiger partial charge in [-0.15, -0.1) is 10.2 Å². The van der Waals surface area contributed by atoms with Crippen LogP contribution in [0.2, 0.25) is 0 Å². The lowest BCUT2D eigenvalue weighted by atomic mass is 10.1. The lowest BCUT2D eigenvalue weighted by molar-refractivity contribution is 0.0292. The number of nitrogens with zero attached hydrogens (tertiary/aromatic N) is 5. The second-order valence-electron chi connectivity index (χ2n) is 6.47. The summed E-state index contributed by atoms with van der Waals surface area (Å²) in [6, 6.07) is 0.194. The average Bonchev–Trinajstić information content (AvgIpc) is 2.95. The summed E-state index contributed by atoms with van der Waals surface area (Å²) in [4.78, 5) is 15.3. The Hall–Kier alpha value is -1.66. The maximum absolute atomic E-state index is 12.0. The molecule has 0 spiro atoms. The van der Waals surface area contributed by atoms with Gasteiger partial charge in [0.2, 0.25) is 0 Å². The number of aromatic nitrogens is 4. The Kier molecular flexibility index (Phi) is 3.96. The molecule has 1 aromatic rings. The van der Waals surface area contributed by atoms with E-state index in [4.69, 9.17) is 4.74 Å². The van der Waals surface area contributed by atoms with E-state index in [0.29, 0.717) is 18.9 Å². The maximum Gasteiger partial charge on any atom is 0.410 e. The first-order valence-electron chi connectivity index (χ1n) is 7.03. The van der Waals surface area contributed by atoms with Crippen LogP contribution in [0.1, 0.15) is 58.8 Å². The Morgan fingerprint density at radius 1 is 1.40 bits per heavy atom. The van der Waals surface area contributed by atoms with Gasteiger partial charge in [-0.3, -0.25) is 0 Å². The van der Waals surface area contributed by atoms with Crippen LogP contribution in [0.25, 0.3) is 0 Å². The molecule has 0 radical (unpaired) electrons. The van der Waals surface area contributed by atoms with Crippen molar-refractivity contribution in [2.24, 2.45) is 0 Å². The molecule has 1 aromatic heterocycles. The standard InChI is InChI=1S/C13H23N5O2/c1-9(2)18-15-11(14-16-18)10-6-7-17(8-10)12(19)20-13(3,4)5/h9-10H,6-8H2,1-5H3. The fourth-order valence-corrected chi connectivity index (χ4v) is 2.08. The number of ether oxygens (including phenoxy) is 1. The van der Waals surface area contributed by atoms with Gasteiger partial charge < -0.3 is 9.64 Å². The number of carbonyl (C=O) groups excluding carboxylic acids is 1. The second-order valence-corrected chi connectivity index (χ2v) is 6.47. The number of amides is 1. The normalized spacial score (nSPS) is 19.7. The van der Waals surface area contributed by atoms with Gasteiger partial charge in [0.15, 0.2) is 5.82 Å². The molecule has 1 aliphatic heterocycles. The zero-order valence-corrected chi connectivity index (χ0v) is 12.8. The molecule has 0 aliphatic carbocycles. The van der Waals surface area contributed by atoms with Crippen molar-refractivity contribution < 1.29 is 9.53 Å². The molecule has 7 nitrogen and oxygen atoms in total. The van der Waals surface area contributed by atoms with Crippen molar-refractivity contribution in [1.29, 1.82) is 0 Å². The van der Waals surface area contributed by atoms with Crippen molar-refractivity contribution in [3.8, 4) is 0 Å². The average molecular weight is 281 g/mol. The molecule has 1 atom stereocenters. The highest BCUT2D eigenvalue weighted by Crippen LogP contribution is 2.25. The molecule has 0 saturated carbocycles. The van der Waals surface area contributed by atoms with Crippen molar-refractivity contribution in [3.05, 3.63) is 5.82 Å². The molecular formula is C13H23N5O2. The summed E-state index contributed by atoms with van der Waals surface area (Å²) in [5.74, 6) is 0.861. The predicted octanol–water partition coefficient (Wildman–Crippen LogP) is 1.98. The molecule has 2 heterocycles. The molecule has 0 aromatic carbocycles. The molecule has 1 aliphatic rings. The van der Waals surface area contributed by atoms with Crippen molar-refractivity contribution in [2.45, 2.75) is 58.6 Å². The minimum atomic E-state index is -0.464. The van der Waals surface area contributed by atoms with E-state index in [-0.39, 0.29) is 18.1 Å². The van der Waals surface area contributed by atoms with E-state index in [1.54, 1.807) is 9.70 Å². The van der Waals surface area contributed by atoms with Crippen molar-refractivity contribution >= 4 is 6.09 Å². The van der Waals surface area contributed by atoms with Crippen LogP contribution in [0.4, 0.5) is 4.79 Å². The lowest BCUT2D eigenvalue weighted by Gasteiger charge is -2.24. The van der Waals surface area contributed by atoms with Gasteiger partial charge in [-0.25, -0.2) is 4.79 Å². The van der Waals surface area contributed by atoms with Crippen LogP contribution >= 0.6 is 0 Å². The van der Waals surface area contributed by atoms with Crippen LogP contribution in [0.15, 0.2) is 0 Å². The summed E-state index contributed by atoms with van der Waals surface area (Å²) in [5.41, 5.74) is -0.464. The van der Waals surface area contributed by atoms with Gasteiger partial charge in [0.1, 0.15) is 5.60 Å². The van der Waals surface area contributed by atoms with Crippen LogP contribution in [-0.2, 0) is 4.74 Å². The van der Waals surface area contributed by atoms with Crippen LogP contribution in [0.3, 0.4) is 0 Å². The zero-order chi connectivity index (χ0) is 14.9. The van der Waals surface area contributed by atoms with Gasteiger partial charge in [0.05, 0.1) is 6.04 Å². The molecule has 0 bridgehead atoms. The number of tetrazole rings is 1. The minimum absolute atomic E-state index is 0.148.